The number of nitrogens with zero attached hydrogens (tertiary/aromatic N) is 3. The van der Waals surface area contributed by atoms with Gasteiger partial charge in [-0.25, -0.2) is 9.48 Å². The topological polar surface area (TPSA) is 85.1 Å². The molecule has 6 heteroatoms. The summed E-state index contributed by atoms with van der Waals surface area (Å²) in [5, 5.41) is 13.8. The maximum atomic E-state index is 12.3. The van der Waals surface area contributed by atoms with E-state index in [2.05, 4.69) is 10.1 Å². The van der Waals surface area contributed by atoms with Crippen LogP contribution in [0.1, 0.15) is 17.3 Å². The molecule has 3 rings (SSSR count). The second kappa shape index (κ2) is 5.40. The van der Waals surface area contributed by atoms with Gasteiger partial charge in [0.05, 0.1) is 10.9 Å². The minimum Gasteiger partial charge on any atom is -0.478 e. The number of benzene rings is 1. The molecule has 0 unspecified atom stereocenters. The summed E-state index contributed by atoms with van der Waals surface area (Å²) >= 11 is 0. The maximum absolute atomic E-state index is 12.3. The van der Waals surface area contributed by atoms with Gasteiger partial charge in [0, 0.05) is 18.3 Å². The molecule has 0 bridgehead atoms. The van der Waals surface area contributed by atoms with Crippen LogP contribution in [0.3, 0.4) is 0 Å². The summed E-state index contributed by atoms with van der Waals surface area (Å²) in [5.41, 5.74) is 1.81. The van der Waals surface area contributed by atoms with Gasteiger partial charge >= 0.3 is 5.97 Å². The van der Waals surface area contributed by atoms with Crippen LogP contribution in [0.25, 0.3) is 22.2 Å². The van der Waals surface area contributed by atoms with Crippen LogP contribution in [0.5, 0.6) is 0 Å². The van der Waals surface area contributed by atoms with Crippen molar-refractivity contribution in [1.82, 2.24) is 14.8 Å². The minimum absolute atomic E-state index is 0.184. The van der Waals surface area contributed by atoms with E-state index in [4.69, 9.17) is 5.11 Å². The lowest BCUT2D eigenvalue weighted by molar-refractivity contribution is 0.0697. The zero-order valence-corrected chi connectivity index (χ0v) is 11.9. The van der Waals surface area contributed by atoms with Gasteiger partial charge < -0.3 is 5.11 Å². The van der Waals surface area contributed by atoms with Crippen molar-refractivity contribution in [1.29, 1.82) is 0 Å². The number of carbonyl (C=O) groups is 1. The van der Waals surface area contributed by atoms with Gasteiger partial charge in [-0.15, -0.1) is 0 Å². The van der Waals surface area contributed by atoms with Crippen LogP contribution >= 0.6 is 0 Å². The molecule has 0 radical (unpaired) electrons. The van der Waals surface area contributed by atoms with E-state index < -0.39 is 5.97 Å². The van der Waals surface area contributed by atoms with Gasteiger partial charge in [-0.3, -0.25) is 9.78 Å². The fourth-order valence-corrected chi connectivity index (χ4v) is 2.30. The highest BCUT2D eigenvalue weighted by atomic mass is 16.4. The lowest BCUT2D eigenvalue weighted by atomic mass is 10.1. The molecule has 1 N–H and O–H groups in total. The summed E-state index contributed by atoms with van der Waals surface area (Å²) in [4.78, 5) is 27.5. The van der Waals surface area contributed by atoms with Gasteiger partial charge in [0.15, 0.2) is 0 Å². The van der Waals surface area contributed by atoms with Crippen LogP contribution in [0, 0.1) is 0 Å². The lowest BCUT2D eigenvalue weighted by Gasteiger charge is -2.09. The van der Waals surface area contributed by atoms with Crippen molar-refractivity contribution in [2.45, 2.75) is 13.5 Å². The van der Waals surface area contributed by atoms with Crippen LogP contribution in [-0.2, 0) is 6.54 Å². The Labute approximate surface area is 125 Å². The van der Waals surface area contributed by atoms with Crippen molar-refractivity contribution in [2.75, 3.05) is 0 Å². The van der Waals surface area contributed by atoms with Crippen LogP contribution in [0.15, 0.2) is 47.4 Å². The van der Waals surface area contributed by atoms with E-state index in [-0.39, 0.29) is 11.1 Å². The highest BCUT2D eigenvalue weighted by Gasteiger charge is 2.13. The van der Waals surface area contributed by atoms with Gasteiger partial charge in [0.2, 0.25) is 0 Å². The Morgan fingerprint density at radius 3 is 2.59 bits per heavy atom. The molecule has 0 atom stereocenters. The number of hydrogen-bond acceptors (Lipinski definition) is 4. The van der Waals surface area contributed by atoms with Crippen LogP contribution in [0.4, 0.5) is 0 Å². The standard InChI is InChI=1S/C16H13N3O3/c1-2-19-15(20)12-4-3-9-17-14(12)13(18-19)10-5-7-11(8-6-10)16(21)22/h3-9H,2H2,1H3,(H,21,22). The Hall–Kier alpha value is -3.02. The van der Waals surface area contributed by atoms with E-state index >= 15 is 0 Å². The molecule has 22 heavy (non-hydrogen) atoms. The molecule has 0 spiro atoms. The predicted molar refractivity (Wildman–Crippen MR) is 81.9 cm³/mol. The van der Waals surface area contributed by atoms with Crippen molar-refractivity contribution in [3.8, 4) is 11.3 Å². The molecule has 0 fully saturated rings. The number of carboxylic acids is 1. The molecule has 0 aliphatic heterocycles. The molecule has 3 aromatic rings. The highest BCUT2D eigenvalue weighted by Crippen LogP contribution is 2.23. The Morgan fingerprint density at radius 2 is 1.95 bits per heavy atom. The number of aromatic nitrogens is 3. The van der Waals surface area contributed by atoms with E-state index in [0.29, 0.717) is 23.1 Å². The summed E-state index contributed by atoms with van der Waals surface area (Å²) in [6.07, 6.45) is 1.61. The Bertz CT molecular complexity index is 914. The van der Waals surface area contributed by atoms with Gasteiger partial charge in [-0.2, -0.15) is 5.10 Å². The highest BCUT2D eigenvalue weighted by molar-refractivity contribution is 5.92. The van der Waals surface area contributed by atoms with Gasteiger partial charge in [-0.05, 0) is 31.2 Å². The number of pyridine rings is 1. The zero-order chi connectivity index (χ0) is 15.7. The van der Waals surface area contributed by atoms with Gasteiger partial charge in [0.25, 0.3) is 5.56 Å². The minimum atomic E-state index is -0.985. The molecule has 0 saturated heterocycles. The molecule has 2 heterocycles. The molecule has 1 aromatic carbocycles. The number of aromatic carboxylic acids is 1. The monoisotopic (exact) mass is 295 g/mol. The summed E-state index contributed by atoms with van der Waals surface area (Å²) in [6.45, 7) is 2.29. The number of carboxylic acid groups (broad SMARTS) is 1. The average molecular weight is 295 g/mol. The quantitative estimate of drug-likeness (QED) is 0.800. The molecule has 0 amide bonds. The fourth-order valence-electron chi connectivity index (χ4n) is 2.30. The van der Waals surface area contributed by atoms with Crippen molar-refractivity contribution >= 4 is 16.9 Å². The van der Waals surface area contributed by atoms with Crippen molar-refractivity contribution in [3.63, 3.8) is 0 Å². The molecule has 6 nitrogen and oxygen atoms in total. The van der Waals surface area contributed by atoms with Gasteiger partial charge in [-0.1, -0.05) is 12.1 Å². The Balaban J connectivity index is 2.28. The SMILES string of the molecule is CCn1nc(-c2ccc(C(=O)O)cc2)c2ncccc2c1=O. The number of aryl methyl sites for hydroxylation is 1. The maximum Gasteiger partial charge on any atom is 0.335 e. The molecular weight excluding hydrogens is 282 g/mol. The molecular formula is C16H13N3O3. The molecule has 110 valence electrons. The number of fused-ring (bicyclic) bond motifs is 1. The van der Waals surface area contributed by atoms with Crippen molar-refractivity contribution in [2.24, 2.45) is 0 Å². The van der Waals surface area contributed by atoms with Crippen LogP contribution in [-0.4, -0.2) is 25.8 Å². The zero-order valence-electron chi connectivity index (χ0n) is 11.9. The third kappa shape index (κ3) is 2.24. The first-order chi connectivity index (χ1) is 10.6. The van der Waals surface area contributed by atoms with E-state index in [1.807, 2.05) is 6.92 Å². The third-order valence-electron chi connectivity index (χ3n) is 3.42. The Kier molecular flexibility index (Phi) is 3.42. The second-order valence-electron chi connectivity index (χ2n) is 4.75. The van der Waals surface area contributed by atoms with E-state index in [1.165, 1.54) is 16.8 Å². The first-order valence-electron chi connectivity index (χ1n) is 6.81. The first kappa shape index (κ1) is 13.9. The largest absolute Gasteiger partial charge is 0.478 e. The molecule has 0 aliphatic rings. The number of rotatable bonds is 3. The summed E-state index contributed by atoms with van der Waals surface area (Å²) in [6, 6.07) is 9.79. The summed E-state index contributed by atoms with van der Waals surface area (Å²) in [5.74, 6) is -0.985. The number of hydrogen-bond donors (Lipinski definition) is 1. The molecule has 0 saturated carbocycles. The van der Waals surface area contributed by atoms with Crippen LogP contribution in [0.2, 0.25) is 0 Å². The van der Waals surface area contributed by atoms with Crippen molar-refractivity contribution < 1.29 is 9.90 Å². The predicted octanol–water partition coefficient (Wildman–Crippen LogP) is 2.18. The van der Waals surface area contributed by atoms with Gasteiger partial charge in [0.1, 0.15) is 11.2 Å². The Morgan fingerprint density at radius 1 is 1.23 bits per heavy atom. The average Bonchev–Trinajstić information content (AvgIpc) is 2.55. The molecule has 0 aliphatic carbocycles. The van der Waals surface area contributed by atoms with Crippen molar-refractivity contribution in [3.05, 3.63) is 58.5 Å². The van der Waals surface area contributed by atoms with E-state index in [9.17, 15) is 9.59 Å². The van der Waals surface area contributed by atoms with E-state index in [1.54, 1.807) is 30.5 Å². The lowest BCUT2D eigenvalue weighted by Crippen LogP contribution is -2.23. The fraction of sp³-hybridized carbons (Fsp3) is 0.125. The smallest absolute Gasteiger partial charge is 0.335 e. The normalized spacial score (nSPS) is 10.8. The third-order valence-corrected chi connectivity index (χ3v) is 3.42. The van der Waals surface area contributed by atoms with Crippen LogP contribution < -0.4 is 5.56 Å². The van der Waals surface area contributed by atoms with E-state index in [0.717, 1.165) is 5.56 Å². The first-order valence-corrected chi connectivity index (χ1v) is 6.81. The second-order valence-corrected chi connectivity index (χ2v) is 4.75. The molecule has 2 aromatic heterocycles. The summed E-state index contributed by atoms with van der Waals surface area (Å²) in [7, 11) is 0. The summed E-state index contributed by atoms with van der Waals surface area (Å²) < 4.78 is 1.38.